The molecule has 2 saturated heterocycles. The van der Waals surface area contributed by atoms with Crippen LogP contribution in [-0.4, -0.2) is 48.1 Å². The van der Waals surface area contributed by atoms with Crippen molar-refractivity contribution < 1.29 is 14.3 Å². The molecule has 0 radical (unpaired) electrons. The lowest BCUT2D eigenvalue weighted by atomic mass is 9.99. The fourth-order valence-corrected chi connectivity index (χ4v) is 3.58. The maximum Gasteiger partial charge on any atom is 0.243 e. The molecule has 2 heterocycles. The first-order chi connectivity index (χ1) is 11.1. The van der Waals surface area contributed by atoms with Crippen LogP contribution in [0.5, 0.6) is 0 Å². The van der Waals surface area contributed by atoms with Gasteiger partial charge in [0, 0.05) is 25.6 Å². The summed E-state index contributed by atoms with van der Waals surface area (Å²) >= 11 is 0. The van der Waals surface area contributed by atoms with Crippen LogP contribution < -0.4 is 5.32 Å². The lowest BCUT2D eigenvalue weighted by molar-refractivity contribution is -0.142. The van der Waals surface area contributed by atoms with Gasteiger partial charge in [-0.2, -0.15) is 0 Å². The molecule has 0 aromatic rings. The van der Waals surface area contributed by atoms with E-state index in [0.29, 0.717) is 12.5 Å². The molecule has 132 valence electrons. The lowest BCUT2D eigenvalue weighted by Gasteiger charge is -2.35. The number of carbonyl (C=O) groups is 2. The standard InChI is InChI=1S/C18H32N2O3/c1-3-7-17(21)20-12-5-4-9-16(20)18(22)19-14(2)10-11-15-8-6-13-23-15/h14-16H,3-13H2,1-2H3,(H,19,22)/t14-,15+,16-/m1/s1. The quantitative estimate of drug-likeness (QED) is 0.783. The normalized spacial score (nSPS) is 26.1. The first-order valence-electron chi connectivity index (χ1n) is 9.33. The molecule has 1 N–H and O–H groups in total. The molecule has 5 heteroatoms. The number of likely N-dealkylation sites (tertiary alicyclic amines) is 1. The Kier molecular flexibility index (Phi) is 7.34. The number of carbonyl (C=O) groups excluding carboxylic acids is 2. The molecule has 0 aromatic heterocycles. The van der Waals surface area contributed by atoms with Crippen molar-refractivity contribution in [3.63, 3.8) is 0 Å². The first kappa shape index (κ1) is 18.2. The minimum absolute atomic E-state index is 0.0222. The lowest BCUT2D eigenvalue weighted by Crippen LogP contribution is -2.53. The number of hydrogen-bond donors (Lipinski definition) is 1. The summed E-state index contributed by atoms with van der Waals surface area (Å²) in [6.07, 6.45) is 8.80. The third-order valence-electron chi connectivity index (χ3n) is 4.92. The molecule has 2 aliphatic rings. The number of hydrogen-bond acceptors (Lipinski definition) is 3. The summed E-state index contributed by atoms with van der Waals surface area (Å²) in [6.45, 7) is 5.65. The maximum atomic E-state index is 12.6. The van der Waals surface area contributed by atoms with E-state index in [4.69, 9.17) is 4.74 Å². The molecule has 0 saturated carbocycles. The SMILES string of the molecule is CCCC(=O)N1CCCC[C@@H]1C(=O)N[C@H](C)CC[C@@H]1CCCO1. The van der Waals surface area contributed by atoms with Gasteiger partial charge < -0.3 is 15.0 Å². The Balaban J connectivity index is 1.80. The van der Waals surface area contributed by atoms with Crippen molar-refractivity contribution in [2.75, 3.05) is 13.2 Å². The third kappa shape index (κ3) is 5.48. The summed E-state index contributed by atoms with van der Waals surface area (Å²) in [4.78, 5) is 26.6. The number of nitrogens with zero attached hydrogens (tertiary/aromatic N) is 1. The fraction of sp³-hybridized carbons (Fsp3) is 0.889. The molecule has 23 heavy (non-hydrogen) atoms. The van der Waals surface area contributed by atoms with Crippen molar-refractivity contribution in [3.8, 4) is 0 Å². The third-order valence-corrected chi connectivity index (χ3v) is 4.92. The second-order valence-electron chi connectivity index (χ2n) is 6.97. The van der Waals surface area contributed by atoms with Gasteiger partial charge in [0.25, 0.3) is 0 Å². The maximum absolute atomic E-state index is 12.6. The van der Waals surface area contributed by atoms with Gasteiger partial charge in [-0.05, 0) is 58.3 Å². The molecule has 5 nitrogen and oxygen atoms in total. The molecule has 0 bridgehead atoms. The minimum Gasteiger partial charge on any atom is -0.378 e. The highest BCUT2D eigenvalue weighted by Crippen LogP contribution is 2.20. The molecular formula is C18H32N2O3. The van der Waals surface area contributed by atoms with Crippen molar-refractivity contribution in [1.82, 2.24) is 10.2 Å². The van der Waals surface area contributed by atoms with Crippen LogP contribution in [0.4, 0.5) is 0 Å². The molecule has 0 spiro atoms. The summed E-state index contributed by atoms with van der Waals surface area (Å²) < 4.78 is 5.63. The molecule has 2 rings (SSSR count). The van der Waals surface area contributed by atoms with E-state index < -0.39 is 0 Å². The molecule has 0 aliphatic carbocycles. The van der Waals surface area contributed by atoms with Gasteiger partial charge in [-0.3, -0.25) is 9.59 Å². The van der Waals surface area contributed by atoms with Crippen LogP contribution >= 0.6 is 0 Å². The van der Waals surface area contributed by atoms with Crippen molar-refractivity contribution in [3.05, 3.63) is 0 Å². The zero-order valence-corrected chi connectivity index (χ0v) is 14.7. The Bertz CT molecular complexity index is 394. The predicted octanol–water partition coefficient (Wildman–Crippen LogP) is 2.63. The Morgan fingerprint density at radius 3 is 2.78 bits per heavy atom. The van der Waals surface area contributed by atoms with Crippen LogP contribution in [0.1, 0.15) is 71.6 Å². The Morgan fingerprint density at radius 1 is 1.26 bits per heavy atom. The van der Waals surface area contributed by atoms with Crippen molar-refractivity contribution in [2.45, 2.75) is 89.8 Å². The van der Waals surface area contributed by atoms with Crippen molar-refractivity contribution in [1.29, 1.82) is 0 Å². The van der Waals surface area contributed by atoms with E-state index in [0.717, 1.165) is 64.5 Å². The Morgan fingerprint density at radius 2 is 2.09 bits per heavy atom. The van der Waals surface area contributed by atoms with Gasteiger partial charge in [-0.25, -0.2) is 0 Å². The molecule has 2 aliphatic heterocycles. The van der Waals surface area contributed by atoms with Gasteiger partial charge in [-0.1, -0.05) is 6.92 Å². The zero-order valence-electron chi connectivity index (χ0n) is 14.7. The zero-order chi connectivity index (χ0) is 16.7. The number of nitrogens with one attached hydrogen (secondary N) is 1. The van der Waals surface area contributed by atoms with E-state index in [9.17, 15) is 9.59 Å². The molecular weight excluding hydrogens is 292 g/mol. The van der Waals surface area contributed by atoms with Gasteiger partial charge in [0.05, 0.1) is 6.10 Å². The first-order valence-corrected chi connectivity index (χ1v) is 9.33. The highest BCUT2D eigenvalue weighted by Gasteiger charge is 2.32. The smallest absolute Gasteiger partial charge is 0.243 e. The highest BCUT2D eigenvalue weighted by atomic mass is 16.5. The van der Waals surface area contributed by atoms with E-state index in [1.807, 2.05) is 13.8 Å². The van der Waals surface area contributed by atoms with Gasteiger partial charge in [0.1, 0.15) is 6.04 Å². The minimum atomic E-state index is -0.270. The number of piperidine rings is 1. The van der Waals surface area contributed by atoms with Gasteiger partial charge >= 0.3 is 0 Å². The van der Waals surface area contributed by atoms with Gasteiger partial charge in [0.15, 0.2) is 0 Å². The van der Waals surface area contributed by atoms with Gasteiger partial charge in [0.2, 0.25) is 11.8 Å². The van der Waals surface area contributed by atoms with Crippen LogP contribution in [0.3, 0.4) is 0 Å². The second-order valence-corrected chi connectivity index (χ2v) is 6.97. The summed E-state index contributed by atoms with van der Waals surface area (Å²) in [7, 11) is 0. The predicted molar refractivity (Wildman–Crippen MR) is 90.1 cm³/mol. The molecule has 3 atom stereocenters. The molecule has 2 fully saturated rings. The van der Waals surface area contributed by atoms with E-state index in [2.05, 4.69) is 5.32 Å². The second kappa shape index (κ2) is 9.26. The summed E-state index contributed by atoms with van der Waals surface area (Å²) in [5.74, 6) is 0.147. The fourth-order valence-electron chi connectivity index (χ4n) is 3.58. The van der Waals surface area contributed by atoms with Crippen LogP contribution in [0.2, 0.25) is 0 Å². The van der Waals surface area contributed by atoms with Crippen LogP contribution in [-0.2, 0) is 14.3 Å². The summed E-state index contributed by atoms with van der Waals surface area (Å²) in [6, 6.07) is -0.135. The Labute approximate surface area is 140 Å². The highest BCUT2D eigenvalue weighted by molar-refractivity contribution is 5.88. The average molecular weight is 324 g/mol. The largest absolute Gasteiger partial charge is 0.378 e. The van der Waals surface area contributed by atoms with Gasteiger partial charge in [-0.15, -0.1) is 0 Å². The number of ether oxygens (including phenoxy) is 1. The van der Waals surface area contributed by atoms with E-state index >= 15 is 0 Å². The summed E-state index contributed by atoms with van der Waals surface area (Å²) in [5.41, 5.74) is 0. The number of amides is 2. The van der Waals surface area contributed by atoms with E-state index in [1.54, 1.807) is 4.90 Å². The van der Waals surface area contributed by atoms with E-state index in [1.165, 1.54) is 0 Å². The number of rotatable bonds is 7. The molecule has 0 unspecified atom stereocenters. The van der Waals surface area contributed by atoms with Crippen molar-refractivity contribution >= 4 is 11.8 Å². The van der Waals surface area contributed by atoms with Crippen LogP contribution in [0, 0.1) is 0 Å². The van der Waals surface area contributed by atoms with Crippen LogP contribution in [0.15, 0.2) is 0 Å². The topological polar surface area (TPSA) is 58.6 Å². The molecule has 0 aromatic carbocycles. The monoisotopic (exact) mass is 324 g/mol. The summed E-state index contributed by atoms with van der Waals surface area (Å²) in [5, 5.41) is 3.11. The van der Waals surface area contributed by atoms with Crippen molar-refractivity contribution in [2.24, 2.45) is 0 Å². The average Bonchev–Trinajstić information content (AvgIpc) is 3.06. The Hall–Kier alpha value is -1.10. The van der Waals surface area contributed by atoms with Crippen LogP contribution in [0.25, 0.3) is 0 Å². The van der Waals surface area contributed by atoms with E-state index in [-0.39, 0.29) is 23.9 Å². The molecule has 2 amide bonds.